The first-order valence-electron chi connectivity index (χ1n) is 10.7. The van der Waals surface area contributed by atoms with Gasteiger partial charge in [0.15, 0.2) is 0 Å². The van der Waals surface area contributed by atoms with Crippen molar-refractivity contribution >= 4 is 11.8 Å². The molecular weight excluding hydrogens is 419 g/mol. The second kappa shape index (κ2) is 9.57. The van der Waals surface area contributed by atoms with E-state index in [2.05, 4.69) is 0 Å². The van der Waals surface area contributed by atoms with Gasteiger partial charge in [0.1, 0.15) is 36.3 Å². The van der Waals surface area contributed by atoms with Crippen molar-refractivity contribution in [2.75, 3.05) is 6.61 Å². The molecule has 0 spiro atoms. The van der Waals surface area contributed by atoms with E-state index < -0.39 is 37.1 Å². The average Bonchev–Trinajstić information content (AvgIpc) is 3.23. The van der Waals surface area contributed by atoms with Crippen molar-refractivity contribution in [3.05, 3.63) is 70.5 Å². The van der Waals surface area contributed by atoms with Crippen LogP contribution in [-0.4, -0.2) is 56.7 Å². The largest absolute Gasteiger partial charge is 0.394 e. The molecule has 7 atom stereocenters. The summed E-state index contributed by atoms with van der Waals surface area (Å²) in [5.74, 6) is -0.219. The molecule has 0 bridgehead atoms. The molecule has 2 heterocycles. The fraction of sp³-hybridized carbons (Fsp3) is 0.500. The normalized spacial score (nSPS) is 33.5. The van der Waals surface area contributed by atoms with Crippen LogP contribution in [0.2, 0.25) is 0 Å². The summed E-state index contributed by atoms with van der Waals surface area (Å²) in [6.07, 6.45) is -2.80. The number of rotatable bonds is 5. The number of ether oxygens (including phenoxy) is 1. The molecular formula is C24H29FO5S. The molecule has 31 heavy (non-hydrogen) atoms. The second-order valence-corrected chi connectivity index (χ2v) is 10.0. The second-order valence-electron chi connectivity index (χ2n) is 8.52. The summed E-state index contributed by atoms with van der Waals surface area (Å²) in [5, 5.41) is 40.8. The quantitative estimate of drug-likeness (QED) is 0.563. The monoisotopic (exact) mass is 448 g/mol. The van der Waals surface area contributed by atoms with Gasteiger partial charge in [-0.15, -0.1) is 0 Å². The lowest BCUT2D eigenvalue weighted by atomic mass is 9.89. The van der Waals surface area contributed by atoms with Crippen molar-refractivity contribution in [1.29, 1.82) is 0 Å². The number of aliphatic hydroxyl groups is 4. The van der Waals surface area contributed by atoms with E-state index in [1.54, 1.807) is 0 Å². The van der Waals surface area contributed by atoms with Gasteiger partial charge in [-0.3, -0.25) is 0 Å². The van der Waals surface area contributed by atoms with Crippen molar-refractivity contribution in [3.8, 4) is 0 Å². The first-order chi connectivity index (χ1) is 14.9. The van der Waals surface area contributed by atoms with Crippen LogP contribution in [0.5, 0.6) is 0 Å². The first-order valence-corrected chi connectivity index (χ1v) is 11.6. The zero-order valence-corrected chi connectivity index (χ0v) is 18.2. The summed E-state index contributed by atoms with van der Waals surface area (Å²) in [4.78, 5) is 0. The molecule has 0 amide bonds. The molecule has 0 unspecified atom stereocenters. The Bertz CT molecular complexity index is 890. The van der Waals surface area contributed by atoms with Crippen LogP contribution in [0.3, 0.4) is 0 Å². The van der Waals surface area contributed by atoms with Crippen LogP contribution >= 0.6 is 11.8 Å². The summed E-state index contributed by atoms with van der Waals surface area (Å²) >= 11 is 1.91. The summed E-state index contributed by atoms with van der Waals surface area (Å²) in [5.41, 5.74) is 4.15. The standard InChI is InChI=1S/C24H29FO5S/c1-13-2-3-15(24-23(29)22(28)21(27)19(12-26)30-24)10-16(13)11-18-8-9-20(31-18)14-4-6-17(25)7-5-14/h2-7,10,18-24,26-29H,8-9,11-12H2,1H3/t18-,19+,20-,21+,22-,23+,24-/m0/s1. The van der Waals surface area contributed by atoms with Crippen LogP contribution in [0.4, 0.5) is 4.39 Å². The maximum atomic E-state index is 13.2. The van der Waals surface area contributed by atoms with Crippen molar-refractivity contribution < 1.29 is 29.6 Å². The van der Waals surface area contributed by atoms with E-state index in [-0.39, 0.29) is 5.82 Å². The molecule has 2 aromatic rings. The maximum Gasteiger partial charge on any atom is 0.123 e. The molecule has 2 aliphatic rings. The van der Waals surface area contributed by atoms with Crippen LogP contribution in [-0.2, 0) is 11.2 Å². The highest BCUT2D eigenvalue weighted by molar-refractivity contribution is 8.00. The Labute approximate surface area is 185 Å². The predicted molar refractivity (Wildman–Crippen MR) is 117 cm³/mol. The number of hydrogen-bond acceptors (Lipinski definition) is 6. The lowest BCUT2D eigenvalue weighted by Gasteiger charge is -2.40. The minimum absolute atomic E-state index is 0.219. The summed E-state index contributed by atoms with van der Waals surface area (Å²) < 4.78 is 18.9. The Morgan fingerprint density at radius 2 is 1.68 bits per heavy atom. The van der Waals surface area contributed by atoms with Crippen LogP contribution < -0.4 is 0 Å². The molecule has 2 saturated heterocycles. The van der Waals surface area contributed by atoms with E-state index in [0.717, 1.165) is 41.5 Å². The van der Waals surface area contributed by atoms with Gasteiger partial charge in [-0.1, -0.05) is 30.3 Å². The lowest BCUT2D eigenvalue weighted by molar-refractivity contribution is -0.231. The molecule has 4 rings (SSSR count). The van der Waals surface area contributed by atoms with Gasteiger partial charge in [0.05, 0.1) is 6.61 Å². The van der Waals surface area contributed by atoms with Gasteiger partial charge in [-0.2, -0.15) is 11.8 Å². The fourth-order valence-corrected chi connectivity index (χ4v) is 6.09. The Balaban J connectivity index is 1.48. The highest BCUT2D eigenvalue weighted by atomic mass is 32.2. The smallest absolute Gasteiger partial charge is 0.123 e. The molecule has 0 saturated carbocycles. The topological polar surface area (TPSA) is 90.2 Å². The predicted octanol–water partition coefficient (Wildman–Crippen LogP) is 2.83. The van der Waals surface area contributed by atoms with Gasteiger partial charge < -0.3 is 25.2 Å². The van der Waals surface area contributed by atoms with Gasteiger partial charge in [-0.05, 0) is 60.6 Å². The van der Waals surface area contributed by atoms with E-state index in [0.29, 0.717) is 10.5 Å². The minimum Gasteiger partial charge on any atom is -0.394 e. The van der Waals surface area contributed by atoms with Crippen molar-refractivity contribution in [2.24, 2.45) is 0 Å². The molecule has 0 aromatic heterocycles. The Morgan fingerprint density at radius 1 is 0.968 bits per heavy atom. The zero-order valence-electron chi connectivity index (χ0n) is 17.4. The third kappa shape index (κ3) is 4.82. The zero-order chi connectivity index (χ0) is 22.1. The number of aliphatic hydroxyl groups excluding tert-OH is 4. The molecule has 2 fully saturated rings. The number of thioether (sulfide) groups is 1. The Morgan fingerprint density at radius 3 is 2.39 bits per heavy atom. The van der Waals surface area contributed by atoms with E-state index >= 15 is 0 Å². The third-order valence-electron chi connectivity index (χ3n) is 6.39. The summed E-state index contributed by atoms with van der Waals surface area (Å²) in [7, 11) is 0. The highest BCUT2D eigenvalue weighted by Crippen LogP contribution is 2.46. The molecule has 2 aliphatic heterocycles. The van der Waals surface area contributed by atoms with E-state index in [9.17, 15) is 24.8 Å². The molecule has 4 N–H and O–H groups in total. The van der Waals surface area contributed by atoms with Crippen LogP contribution in [0, 0.1) is 12.7 Å². The lowest BCUT2D eigenvalue weighted by Crippen LogP contribution is -2.55. The molecule has 2 aromatic carbocycles. The van der Waals surface area contributed by atoms with E-state index in [1.165, 1.54) is 12.1 Å². The average molecular weight is 449 g/mol. The molecule has 7 heteroatoms. The van der Waals surface area contributed by atoms with Gasteiger partial charge in [0, 0.05) is 10.5 Å². The van der Waals surface area contributed by atoms with Crippen LogP contribution in [0.25, 0.3) is 0 Å². The van der Waals surface area contributed by atoms with Gasteiger partial charge >= 0.3 is 0 Å². The number of hydrogen-bond donors (Lipinski definition) is 4. The van der Waals surface area contributed by atoms with Crippen molar-refractivity contribution in [2.45, 2.75) is 67.2 Å². The van der Waals surface area contributed by atoms with E-state index in [4.69, 9.17) is 4.74 Å². The molecule has 0 aliphatic carbocycles. The van der Waals surface area contributed by atoms with Crippen molar-refractivity contribution in [1.82, 2.24) is 0 Å². The number of benzene rings is 2. The summed E-state index contributed by atoms with van der Waals surface area (Å²) in [6, 6.07) is 12.6. The highest BCUT2D eigenvalue weighted by Gasteiger charge is 2.44. The Hall–Kier alpha value is -1.48. The fourth-order valence-electron chi connectivity index (χ4n) is 4.49. The van der Waals surface area contributed by atoms with Gasteiger partial charge in [-0.25, -0.2) is 4.39 Å². The molecule has 5 nitrogen and oxygen atoms in total. The van der Waals surface area contributed by atoms with Gasteiger partial charge in [0.2, 0.25) is 0 Å². The first kappa shape index (κ1) is 22.7. The third-order valence-corrected chi connectivity index (χ3v) is 8.01. The maximum absolute atomic E-state index is 13.2. The van der Waals surface area contributed by atoms with E-state index in [1.807, 2.05) is 49.0 Å². The molecule has 168 valence electrons. The SMILES string of the molecule is Cc1ccc([C@@H]2O[C@H](CO)[C@@H](O)[C@H](O)[C@H]2O)cc1C[C@@H]1CC[C@@H](c2ccc(F)cc2)S1. The van der Waals surface area contributed by atoms with Crippen molar-refractivity contribution in [3.63, 3.8) is 0 Å². The minimum atomic E-state index is -1.39. The van der Waals surface area contributed by atoms with Gasteiger partial charge in [0.25, 0.3) is 0 Å². The van der Waals surface area contributed by atoms with Crippen LogP contribution in [0.15, 0.2) is 42.5 Å². The Kier molecular flexibility index (Phi) is 7.01. The number of aryl methyl sites for hydroxylation is 1. The van der Waals surface area contributed by atoms with Crippen LogP contribution in [0.1, 0.15) is 46.4 Å². The summed E-state index contributed by atoms with van der Waals surface area (Å²) in [6.45, 7) is 1.60. The number of halogens is 1. The molecule has 0 radical (unpaired) electrons.